The molecule has 0 bridgehead atoms. The van der Waals surface area contributed by atoms with Crippen molar-refractivity contribution in [2.75, 3.05) is 0 Å². The van der Waals surface area contributed by atoms with Gasteiger partial charge in [0.2, 0.25) is 0 Å². The second-order valence-corrected chi connectivity index (χ2v) is 12.3. The van der Waals surface area contributed by atoms with Gasteiger partial charge in [-0.1, -0.05) is 127 Å². The maximum Gasteiger partial charge on any atom is 0.166 e. The van der Waals surface area contributed by atoms with Gasteiger partial charge in [-0.05, 0) is 56.3 Å². The Morgan fingerprint density at radius 3 is 1.69 bits per heavy atom. The monoisotopic (exact) mass is 626 g/mol. The summed E-state index contributed by atoms with van der Waals surface area (Å²) in [5.74, 6) is 1.73. The first kappa shape index (κ1) is 27.4. The molecule has 10 aromatic rings. The van der Waals surface area contributed by atoms with E-state index >= 15 is 0 Å². The molecule has 5 nitrogen and oxygen atoms in total. The number of benzene rings is 7. The van der Waals surface area contributed by atoms with Gasteiger partial charge in [0.05, 0.1) is 6.20 Å². The lowest BCUT2D eigenvalue weighted by Gasteiger charge is -2.10. The molecule has 0 atom stereocenters. The van der Waals surface area contributed by atoms with Gasteiger partial charge in [0, 0.05) is 39.0 Å². The maximum atomic E-state index is 6.45. The molecule has 0 N–H and O–H groups in total. The fourth-order valence-electron chi connectivity index (χ4n) is 6.89. The largest absolute Gasteiger partial charge is 0.454 e. The Balaban J connectivity index is 1.16. The lowest BCUT2D eigenvalue weighted by atomic mass is 10.00. The van der Waals surface area contributed by atoms with Crippen LogP contribution in [0.15, 0.2) is 162 Å². The van der Waals surface area contributed by atoms with Crippen LogP contribution in [0.3, 0.4) is 0 Å². The highest BCUT2D eigenvalue weighted by Crippen LogP contribution is 2.39. The van der Waals surface area contributed by atoms with Gasteiger partial charge in [-0.3, -0.25) is 4.98 Å². The highest BCUT2D eigenvalue weighted by Gasteiger charge is 2.19. The summed E-state index contributed by atoms with van der Waals surface area (Å²) in [6, 6.07) is 50.6. The molecule has 0 unspecified atom stereocenters. The summed E-state index contributed by atoms with van der Waals surface area (Å²) in [5, 5.41) is 8.84. The van der Waals surface area contributed by atoms with Crippen LogP contribution in [0.1, 0.15) is 0 Å². The van der Waals surface area contributed by atoms with Crippen molar-refractivity contribution in [3.8, 4) is 45.3 Å². The summed E-state index contributed by atoms with van der Waals surface area (Å²) in [5.41, 5.74) is 6.43. The summed E-state index contributed by atoms with van der Waals surface area (Å²) in [6.07, 6.45) is 3.60. The van der Waals surface area contributed by atoms with Crippen molar-refractivity contribution in [1.82, 2.24) is 19.9 Å². The van der Waals surface area contributed by atoms with Crippen molar-refractivity contribution in [3.63, 3.8) is 0 Å². The van der Waals surface area contributed by atoms with E-state index in [9.17, 15) is 0 Å². The van der Waals surface area contributed by atoms with Crippen LogP contribution in [-0.2, 0) is 0 Å². The summed E-state index contributed by atoms with van der Waals surface area (Å²) in [4.78, 5) is 19.8. The first-order valence-corrected chi connectivity index (χ1v) is 16.3. The minimum atomic E-state index is 0.542. The Morgan fingerprint density at radius 2 is 0.939 bits per heavy atom. The van der Waals surface area contributed by atoms with Crippen molar-refractivity contribution in [2.45, 2.75) is 0 Å². The van der Waals surface area contributed by atoms with E-state index in [1.54, 1.807) is 6.20 Å². The number of hydrogen-bond donors (Lipinski definition) is 0. The zero-order valence-corrected chi connectivity index (χ0v) is 26.2. The van der Waals surface area contributed by atoms with Gasteiger partial charge in [-0.15, -0.1) is 0 Å². The lowest BCUT2D eigenvalue weighted by Crippen LogP contribution is -2.01. The molecule has 5 heteroatoms. The van der Waals surface area contributed by atoms with Crippen molar-refractivity contribution < 1.29 is 4.42 Å². The zero-order chi connectivity index (χ0) is 32.3. The van der Waals surface area contributed by atoms with E-state index in [1.165, 1.54) is 10.8 Å². The summed E-state index contributed by atoms with van der Waals surface area (Å²) >= 11 is 0. The Bertz CT molecular complexity index is 2890. The molecule has 0 aliphatic rings. The summed E-state index contributed by atoms with van der Waals surface area (Å²) in [6.45, 7) is 0. The average molecular weight is 627 g/mol. The van der Waals surface area contributed by atoms with Crippen LogP contribution in [0, 0.1) is 0 Å². The van der Waals surface area contributed by atoms with E-state index < -0.39 is 0 Å². The standard InChI is InChI=1S/C44H26N4O/c1-3-10-32-23-34(19-15-27(32)7-1)29-13-17-31(18-14-29)42-46-43(35-20-16-28-8-2-4-11-33(28)24-35)48-44(47-42)38-25-45-26-39-40(38)37-22-21-30-9-5-6-12-36(30)41(37)49-39/h1-26H. The molecule has 7 aromatic carbocycles. The van der Waals surface area contributed by atoms with Gasteiger partial charge < -0.3 is 4.42 Å². The number of fused-ring (bicyclic) bond motifs is 7. The molecule has 228 valence electrons. The Kier molecular flexibility index (Phi) is 6.11. The van der Waals surface area contributed by atoms with E-state index in [4.69, 9.17) is 19.4 Å². The number of aromatic nitrogens is 4. The molecule has 0 fully saturated rings. The fraction of sp³-hybridized carbons (Fsp3) is 0. The molecule has 49 heavy (non-hydrogen) atoms. The number of hydrogen-bond acceptors (Lipinski definition) is 5. The minimum Gasteiger partial charge on any atom is -0.454 e. The molecule has 0 spiro atoms. The second-order valence-electron chi connectivity index (χ2n) is 12.3. The SMILES string of the molecule is c1ccc2cc(-c3ccc(-c4nc(-c5ccc6ccccc6c5)nc(-c5cncc6oc7c8ccccc8ccc7c56)n4)cc3)ccc2c1. The van der Waals surface area contributed by atoms with E-state index in [2.05, 4.69) is 132 Å². The van der Waals surface area contributed by atoms with E-state index in [0.29, 0.717) is 23.1 Å². The van der Waals surface area contributed by atoms with Crippen LogP contribution < -0.4 is 0 Å². The van der Waals surface area contributed by atoms with Gasteiger partial charge in [0.25, 0.3) is 0 Å². The predicted molar refractivity (Wildman–Crippen MR) is 199 cm³/mol. The lowest BCUT2D eigenvalue weighted by molar-refractivity contribution is 0.670. The van der Waals surface area contributed by atoms with Crippen molar-refractivity contribution in [1.29, 1.82) is 0 Å². The molecule has 3 heterocycles. The molecule has 3 aromatic heterocycles. The van der Waals surface area contributed by atoms with Crippen molar-refractivity contribution in [2.24, 2.45) is 0 Å². The average Bonchev–Trinajstić information content (AvgIpc) is 3.57. The van der Waals surface area contributed by atoms with Crippen LogP contribution in [-0.4, -0.2) is 19.9 Å². The van der Waals surface area contributed by atoms with Crippen molar-refractivity contribution >= 4 is 54.3 Å². The third-order valence-electron chi connectivity index (χ3n) is 9.38. The fourth-order valence-corrected chi connectivity index (χ4v) is 6.89. The third kappa shape index (κ3) is 4.63. The molecule has 10 rings (SSSR count). The summed E-state index contributed by atoms with van der Waals surface area (Å²) in [7, 11) is 0. The predicted octanol–water partition coefficient (Wildman–Crippen LogP) is 11.3. The van der Waals surface area contributed by atoms with Crippen LogP contribution >= 0.6 is 0 Å². The van der Waals surface area contributed by atoms with Crippen molar-refractivity contribution in [3.05, 3.63) is 158 Å². The van der Waals surface area contributed by atoms with Crippen LogP contribution in [0.25, 0.3) is 99.5 Å². The molecular weight excluding hydrogens is 601 g/mol. The Labute approximate surface area is 281 Å². The second kappa shape index (κ2) is 10.9. The molecule has 0 saturated carbocycles. The smallest absolute Gasteiger partial charge is 0.166 e. The van der Waals surface area contributed by atoms with E-state index in [0.717, 1.165) is 65.7 Å². The van der Waals surface area contributed by atoms with Gasteiger partial charge in [-0.25, -0.2) is 15.0 Å². The van der Waals surface area contributed by atoms with Crippen LogP contribution in [0.5, 0.6) is 0 Å². The molecule has 0 aliphatic heterocycles. The number of pyridine rings is 1. The molecule has 0 saturated heterocycles. The zero-order valence-electron chi connectivity index (χ0n) is 26.2. The third-order valence-corrected chi connectivity index (χ3v) is 9.38. The highest BCUT2D eigenvalue weighted by molar-refractivity contribution is 6.18. The highest BCUT2D eigenvalue weighted by atomic mass is 16.3. The van der Waals surface area contributed by atoms with Gasteiger partial charge in [0.15, 0.2) is 23.1 Å². The van der Waals surface area contributed by atoms with Crippen LogP contribution in [0.4, 0.5) is 0 Å². The molecular formula is C44H26N4O. The molecule has 0 amide bonds. The number of furan rings is 1. The van der Waals surface area contributed by atoms with Gasteiger partial charge >= 0.3 is 0 Å². The normalized spacial score (nSPS) is 11.7. The van der Waals surface area contributed by atoms with Crippen LogP contribution in [0.2, 0.25) is 0 Å². The van der Waals surface area contributed by atoms with E-state index in [1.807, 2.05) is 24.4 Å². The Morgan fingerprint density at radius 1 is 0.388 bits per heavy atom. The number of nitrogens with zero attached hydrogens (tertiary/aromatic N) is 4. The topological polar surface area (TPSA) is 64.7 Å². The molecule has 0 radical (unpaired) electrons. The minimum absolute atomic E-state index is 0.542. The number of rotatable bonds is 4. The maximum absolute atomic E-state index is 6.45. The quantitative estimate of drug-likeness (QED) is 0.194. The first-order chi connectivity index (χ1) is 24.2. The summed E-state index contributed by atoms with van der Waals surface area (Å²) < 4.78 is 6.45. The molecule has 0 aliphatic carbocycles. The van der Waals surface area contributed by atoms with E-state index in [-0.39, 0.29) is 0 Å². The van der Waals surface area contributed by atoms with Gasteiger partial charge in [0.1, 0.15) is 5.58 Å². The Hall–Kier alpha value is -6.72. The first-order valence-electron chi connectivity index (χ1n) is 16.3. The van der Waals surface area contributed by atoms with Gasteiger partial charge in [-0.2, -0.15) is 0 Å².